The van der Waals surface area contributed by atoms with Crippen LogP contribution in [0.2, 0.25) is 0 Å². The molecule has 0 saturated heterocycles. The fourth-order valence-corrected chi connectivity index (χ4v) is 2.75. The van der Waals surface area contributed by atoms with Crippen LogP contribution >= 0.6 is 0 Å². The van der Waals surface area contributed by atoms with Gasteiger partial charge in [-0.2, -0.15) is 0 Å². The zero-order valence-electron chi connectivity index (χ0n) is 12.1. The fourth-order valence-electron chi connectivity index (χ4n) is 2.75. The number of pyridine rings is 1. The molecule has 1 aliphatic rings. The highest BCUT2D eigenvalue weighted by Crippen LogP contribution is 2.27. The predicted molar refractivity (Wildman–Crippen MR) is 82.9 cm³/mol. The molecule has 2 heterocycles. The Labute approximate surface area is 120 Å². The first kappa shape index (κ1) is 13.1. The second-order valence-electron chi connectivity index (χ2n) is 5.52. The highest BCUT2D eigenvalue weighted by Gasteiger charge is 2.15. The van der Waals surface area contributed by atoms with Gasteiger partial charge in [0.1, 0.15) is 0 Å². The van der Waals surface area contributed by atoms with Crippen LogP contribution in [0.25, 0.3) is 0 Å². The molecule has 104 valence electrons. The summed E-state index contributed by atoms with van der Waals surface area (Å²) < 4.78 is 0. The van der Waals surface area contributed by atoms with Crippen LogP contribution in [-0.4, -0.2) is 18.6 Å². The van der Waals surface area contributed by atoms with Gasteiger partial charge >= 0.3 is 0 Å². The molecule has 1 N–H and O–H groups in total. The van der Waals surface area contributed by atoms with E-state index in [1.807, 2.05) is 18.5 Å². The maximum atomic E-state index is 4.17. The van der Waals surface area contributed by atoms with Gasteiger partial charge in [0.05, 0.1) is 0 Å². The third-order valence-corrected chi connectivity index (χ3v) is 4.07. The quantitative estimate of drug-likeness (QED) is 0.923. The Morgan fingerprint density at radius 1 is 1.35 bits per heavy atom. The van der Waals surface area contributed by atoms with Crippen molar-refractivity contribution in [3.63, 3.8) is 0 Å². The zero-order chi connectivity index (χ0) is 13.9. The van der Waals surface area contributed by atoms with E-state index < -0.39 is 0 Å². The Morgan fingerprint density at radius 2 is 2.25 bits per heavy atom. The van der Waals surface area contributed by atoms with Crippen LogP contribution in [0, 0.1) is 0 Å². The number of aromatic nitrogens is 1. The highest BCUT2D eigenvalue weighted by molar-refractivity contribution is 5.58. The average Bonchev–Trinajstić information content (AvgIpc) is 2.87. The number of benzene rings is 1. The first-order valence-corrected chi connectivity index (χ1v) is 7.20. The third kappa shape index (κ3) is 2.68. The molecule has 0 saturated carbocycles. The van der Waals surface area contributed by atoms with Gasteiger partial charge in [0.15, 0.2) is 0 Å². The lowest BCUT2D eigenvalue weighted by Crippen LogP contribution is -2.18. The van der Waals surface area contributed by atoms with E-state index in [1.54, 1.807) is 0 Å². The molecule has 3 heteroatoms. The first-order valence-electron chi connectivity index (χ1n) is 7.20. The second-order valence-corrected chi connectivity index (χ2v) is 5.52. The van der Waals surface area contributed by atoms with E-state index in [4.69, 9.17) is 0 Å². The minimum Gasteiger partial charge on any atom is -0.374 e. The number of fused-ring (bicyclic) bond motifs is 1. The van der Waals surface area contributed by atoms with Crippen LogP contribution in [0.1, 0.15) is 29.7 Å². The van der Waals surface area contributed by atoms with E-state index in [0.717, 1.165) is 19.5 Å². The van der Waals surface area contributed by atoms with Crippen LogP contribution in [-0.2, 0) is 13.0 Å². The molecule has 1 atom stereocenters. The van der Waals surface area contributed by atoms with E-state index in [2.05, 4.69) is 53.4 Å². The summed E-state index contributed by atoms with van der Waals surface area (Å²) >= 11 is 0. The predicted octanol–water partition coefficient (Wildman–Crippen LogP) is 2.92. The molecule has 0 amide bonds. The molecule has 1 aliphatic heterocycles. The van der Waals surface area contributed by atoms with Crippen molar-refractivity contribution in [2.75, 3.05) is 18.5 Å². The Kier molecular flexibility index (Phi) is 3.70. The second kappa shape index (κ2) is 5.63. The Balaban J connectivity index is 1.64. The minimum atomic E-state index is 0.319. The van der Waals surface area contributed by atoms with Gasteiger partial charge in [-0.3, -0.25) is 4.98 Å². The average molecular weight is 267 g/mol. The molecule has 3 rings (SSSR count). The summed E-state index contributed by atoms with van der Waals surface area (Å²) in [5.74, 6) is 0. The van der Waals surface area contributed by atoms with Crippen LogP contribution in [0.3, 0.4) is 0 Å². The summed E-state index contributed by atoms with van der Waals surface area (Å²) in [7, 11) is 2.16. The number of hydrogen-bond donors (Lipinski definition) is 1. The van der Waals surface area contributed by atoms with E-state index >= 15 is 0 Å². The smallest absolute Gasteiger partial charge is 0.0397 e. The molecule has 0 bridgehead atoms. The molecule has 1 aromatic heterocycles. The van der Waals surface area contributed by atoms with E-state index in [9.17, 15) is 0 Å². The van der Waals surface area contributed by atoms with E-state index in [1.165, 1.54) is 22.4 Å². The highest BCUT2D eigenvalue weighted by atomic mass is 15.1. The molecule has 20 heavy (non-hydrogen) atoms. The van der Waals surface area contributed by atoms with Gasteiger partial charge in [-0.15, -0.1) is 0 Å². The third-order valence-electron chi connectivity index (χ3n) is 4.07. The maximum Gasteiger partial charge on any atom is 0.0397 e. The first-order chi connectivity index (χ1) is 9.74. The molecule has 0 aliphatic carbocycles. The lowest BCUT2D eigenvalue weighted by atomic mass is 10.1. The van der Waals surface area contributed by atoms with Crippen LogP contribution in [0.5, 0.6) is 0 Å². The summed E-state index contributed by atoms with van der Waals surface area (Å²) in [5, 5.41) is 3.56. The Hall–Kier alpha value is -1.87. The standard InChI is InChI=1S/C17H21N3/c1-13(16-4-3-8-18-12-16)19-11-14-5-6-17-15(10-14)7-9-20(17)2/h3-6,8,10,12-13,19H,7,9,11H2,1-2H3/t13-/m1/s1. The number of anilines is 1. The van der Waals surface area contributed by atoms with Crippen molar-refractivity contribution in [1.29, 1.82) is 0 Å². The number of nitrogens with zero attached hydrogens (tertiary/aromatic N) is 2. The van der Waals surface area contributed by atoms with Gasteiger partial charge in [0, 0.05) is 44.3 Å². The Morgan fingerprint density at radius 3 is 3.05 bits per heavy atom. The van der Waals surface area contributed by atoms with Crippen LogP contribution in [0.4, 0.5) is 5.69 Å². The van der Waals surface area contributed by atoms with Crippen molar-refractivity contribution in [2.45, 2.75) is 25.9 Å². The summed E-state index contributed by atoms with van der Waals surface area (Å²) in [4.78, 5) is 6.50. The maximum absolute atomic E-state index is 4.17. The fraction of sp³-hybridized carbons (Fsp3) is 0.353. The lowest BCUT2D eigenvalue weighted by Gasteiger charge is -2.15. The van der Waals surface area contributed by atoms with Crippen LogP contribution < -0.4 is 10.2 Å². The lowest BCUT2D eigenvalue weighted by molar-refractivity contribution is 0.573. The topological polar surface area (TPSA) is 28.2 Å². The van der Waals surface area contributed by atoms with Crippen molar-refractivity contribution in [2.24, 2.45) is 0 Å². The summed E-state index contributed by atoms with van der Waals surface area (Å²) in [6.45, 7) is 4.21. The van der Waals surface area contributed by atoms with E-state index in [-0.39, 0.29) is 0 Å². The molecule has 2 aromatic rings. The van der Waals surface area contributed by atoms with Gasteiger partial charge < -0.3 is 10.2 Å². The monoisotopic (exact) mass is 267 g/mol. The van der Waals surface area contributed by atoms with Crippen molar-refractivity contribution in [3.05, 3.63) is 59.4 Å². The minimum absolute atomic E-state index is 0.319. The molecule has 0 fully saturated rings. The van der Waals surface area contributed by atoms with Gasteiger partial charge in [-0.05, 0) is 42.2 Å². The van der Waals surface area contributed by atoms with Gasteiger partial charge in [-0.25, -0.2) is 0 Å². The normalized spacial score (nSPS) is 15.2. The van der Waals surface area contributed by atoms with Gasteiger partial charge in [0.2, 0.25) is 0 Å². The molecule has 1 aromatic carbocycles. The zero-order valence-corrected chi connectivity index (χ0v) is 12.1. The molecule has 0 radical (unpaired) electrons. The summed E-state index contributed by atoms with van der Waals surface area (Å²) in [5.41, 5.74) is 5.44. The van der Waals surface area contributed by atoms with Gasteiger partial charge in [-0.1, -0.05) is 18.2 Å². The van der Waals surface area contributed by atoms with Crippen molar-refractivity contribution in [3.8, 4) is 0 Å². The molecule has 3 nitrogen and oxygen atoms in total. The number of hydrogen-bond acceptors (Lipinski definition) is 3. The summed E-state index contributed by atoms with van der Waals surface area (Å²) in [6, 6.07) is 11.2. The van der Waals surface area contributed by atoms with Crippen molar-refractivity contribution < 1.29 is 0 Å². The number of nitrogens with one attached hydrogen (secondary N) is 1. The largest absolute Gasteiger partial charge is 0.374 e. The molecule has 0 unspecified atom stereocenters. The molecular weight excluding hydrogens is 246 g/mol. The summed E-state index contributed by atoms with van der Waals surface area (Å²) in [6.07, 6.45) is 4.90. The number of rotatable bonds is 4. The number of likely N-dealkylation sites (N-methyl/N-ethyl adjacent to an activating group) is 1. The van der Waals surface area contributed by atoms with Gasteiger partial charge in [0.25, 0.3) is 0 Å². The van der Waals surface area contributed by atoms with Crippen molar-refractivity contribution in [1.82, 2.24) is 10.3 Å². The molecule has 0 spiro atoms. The SMILES string of the molecule is C[C@@H](NCc1ccc2c(c1)CCN2C)c1cccnc1. The van der Waals surface area contributed by atoms with Crippen molar-refractivity contribution >= 4 is 5.69 Å². The Bertz CT molecular complexity index is 580. The van der Waals surface area contributed by atoms with E-state index in [0.29, 0.717) is 6.04 Å². The molecular formula is C17H21N3. The van der Waals surface area contributed by atoms with Crippen LogP contribution in [0.15, 0.2) is 42.7 Å².